The lowest BCUT2D eigenvalue weighted by Gasteiger charge is -2.38. The Morgan fingerprint density at radius 2 is 1.71 bits per heavy atom. The summed E-state index contributed by atoms with van der Waals surface area (Å²) in [5.74, 6) is 1.44. The van der Waals surface area contributed by atoms with E-state index in [0.29, 0.717) is 38.1 Å². The number of hydrogen-bond donors (Lipinski definition) is 0. The van der Waals surface area contributed by atoms with Crippen molar-refractivity contribution < 1.29 is 13.2 Å². The van der Waals surface area contributed by atoms with Crippen LogP contribution in [0.2, 0.25) is 0 Å². The normalized spacial score (nSPS) is 24.9. The molecule has 0 spiro atoms. The van der Waals surface area contributed by atoms with Crippen molar-refractivity contribution in [1.29, 1.82) is 0 Å². The number of hydrogen-bond acceptors (Lipinski definition) is 5. The van der Waals surface area contributed by atoms with Crippen LogP contribution in [0.25, 0.3) is 0 Å². The molecule has 3 aliphatic rings. The monoisotopic (exact) mass is 452 g/mol. The maximum atomic E-state index is 13.2. The maximum Gasteiger partial charge on any atom is 0.281 e. The fraction of sp³-hybridized carbons (Fsp3) is 0.857. The molecule has 0 saturated carbocycles. The molecule has 0 bridgehead atoms. The van der Waals surface area contributed by atoms with Gasteiger partial charge in [-0.15, -0.1) is 10.2 Å². The molecule has 0 aliphatic carbocycles. The van der Waals surface area contributed by atoms with Crippen LogP contribution in [0.1, 0.15) is 64.2 Å². The minimum atomic E-state index is -3.43. The third-order valence-electron chi connectivity index (χ3n) is 7.05. The van der Waals surface area contributed by atoms with Gasteiger partial charge in [-0.3, -0.25) is 4.79 Å². The molecule has 1 aromatic heterocycles. The van der Waals surface area contributed by atoms with Crippen LogP contribution < -0.4 is 0 Å². The third kappa shape index (κ3) is 4.96. The first-order valence-electron chi connectivity index (χ1n) is 11.8. The molecule has 174 valence electrons. The number of likely N-dealkylation sites (tertiary alicyclic amines) is 1. The number of amides is 1. The lowest BCUT2D eigenvalue weighted by atomic mass is 9.91. The van der Waals surface area contributed by atoms with Crippen LogP contribution in [0.5, 0.6) is 0 Å². The number of aromatic nitrogens is 3. The number of piperidine rings is 2. The molecular formula is C21H36N6O3S. The fourth-order valence-corrected chi connectivity index (χ4v) is 6.93. The molecule has 10 heteroatoms. The molecule has 1 amide bonds. The van der Waals surface area contributed by atoms with Crippen LogP contribution in [0.4, 0.5) is 0 Å². The molecule has 0 radical (unpaired) electrons. The standard InChI is InChI=1S/C21H36N6O3S/c1-17(2)27-16-22-23-20(27)14-18-7-12-24(13-8-18)21(28)19-6-5-11-26(15-19)31(29,30)25-9-3-4-10-25/h16-19H,3-15H2,1-2H3. The molecule has 1 atom stereocenters. The Bertz CT molecular complexity index is 856. The van der Waals surface area contributed by atoms with Gasteiger partial charge in [-0.25, -0.2) is 0 Å². The highest BCUT2D eigenvalue weighted by molar-refractivity contribution is 7.86. The Morgan fingerprint density at radius 1 is 1.03 bits per heavy atom. The second kappa shape index (κ2) is 9.54. The average Bonchev–Trinajstić information content (AvgIpc) is 3.46. The number of nitrogens with zero attached hydrogens (tertiary/aromatic N) is 6. The van der Waals surface area contributed by atoms with Gasteiger partial charge in [0.15, 0.2) is 0 Å². The van der Waals surface area contributed by atoms with E-state index < -0.39 is 10.2 Å². The third-order valence-corrected chi connectivity index (χ3v) is 9.05. The van der Waals surface area contributed by atoms with E-state index in [1.54, 1.807) is 14.9 Å². The summed E-state index contributed by atoms with van der Waals surface area (Å²) in [6.45, 7) is 7.82. The molecule has 1 unspecified atom stereocenters. The van der Waals surface area contributed by atoms with E-state index in [9.17, 15) is 13.2 Å². The van der Waals surface area contributed by atoms with Gasteiger partial charge >= 0.3 is 0 Å². The summed E-state index contributed by atoms with van der Waals surface area (Å²) in [7, 11) is -3.43. The van der Waals surface area contributed by atoms with E-state index in [1.807, 2.05) is 4.90 Å². The summed E-state index contributed by atoms with van der Waals surface area (Å²) in [6.07, 6.45) is 8.00. The topological polar surface area (TPSA) is 91.6 Å². The highest BCUT2D eigenvalue weighted by Gasteiger charge is 2.38. The molecule has 1 aromatic rings. The minimum Gasteiger partial charge on any atom is -0.342 e. The van der Waals surface area contributed by atoms with Crippen molar-refractivity contribution in [3.05, 3.63) is 12.2 Å². The van der Waals surface area contributed by atoms with Gasteiger partial charge in [0, 0.05) is 51.7 Å². The van der Waals surface area contributed by atoms with E-state index in [2.05, 4.69) is 28.6 Å². The second-order valence-electron chi connectivity index (χ2n) is 9.53. The summed E-state index contributed by atoms with van der Waals surface area (Å²) in [5.41, 5.74) is 0. The number of carbonyl (C=O) groups excluding carboxylic acids is 1. The van der Waals surface area contributed by atoms with Crippen molar-refractivity contribution in [3.8, 4) is 0 Å². The van der Waals surface area contributed by atoms with Crippen LogP contribution in [-0.2, 0) is 21.4 Å². The predicted molar refractivity (Wildman–Crippen MR) is 117 cm³/mol. The van der Waals surface area contributed by atoms with Gasteiger partial charge in [0.25, 0.3) is 10.2 Å². The first-order valence-corrected chi connectivity index (χ1v) is 13.2. The molecule has 9 nitrogen and oxygen atoms in total. The van der Waals surface area contributed by atoms with E-state index in [1.165, 1.54) is 0 Å². The molecule has 3 saturated heterocycles. The van der Waals surface area contributed by atoms with E-state index >= 15 is 0 Å². The zero-order chi connectivity index (χ0) is 22.0. The highest BCUT2D eigenvalue weighted by Crippen LogP contribution is 2.27. The summed E-state index contributed by atoms with van der Waals surface area (Å²) >= 11 is 0. The van der Waals surface area contributed by atoms with Crippen LogP contribution in [-0.4, -0.2) is 81.9 Å². The Morgan fingerprint density at radius 3 is 2.39 bits per heavy atom. The lowest BCUT2D eigenvalue weighted by molar-refractivity contribution is -0.138. The van der Waals surface area contributed by atoms with Gasteiger partial charge in [0.2, 0.25) is 5.91 Å². The molecule has 4 heterocycles. The zero-order valence-electron chi connectivity index (χ0n) is 18.8. The molecule has 3 aliphatic heterocycles. The van der Waals surface area contributed by atoms with Crippen LogP contribution in [0.3, 0.4) is 0 Å². The number of carbonyl (C=O) groups is 1. The van der Waals surface area contributed by atoms with Crippen molar-refractivity contribution in [3.63, 3.8) is 0 Å². The Kier molecular flexibility index (Phi) is 6.98. The van der Waals surface area contributed by atoms with Crippen molar-refractivity contribution in [2.75, 3.05) is 39.3 Å². The molecule has 31 heavy (non-hydrogen) atoms. The SMILES string of the molecule is CC(C)n1cnnc1CC1CCN(C(=O)C2CCCN(S(=O)(=O)N3CCCC3)C2)CC1. The van der Waals surface area contributed by atoms with Gasteiger partial charge < -0.3 is 9.47 Å². The first kappa shape index (κ1) is 22.7. The van der Waals surface area contributed by atoms with Gasteiger partial charge in [-0.2, -0.15) is 17.0 Å². The van der Waals surface area contributed by atoms with Gasteiger partial charge in [-0.1, -0.05) is 0 Å². The van der Waals surface area contributed by atoms with Crippen molar-refractivity contribution in [2.45, 2.75) is 64.8 Å². The molecule has 0 aromatic carbocycles. The Balaban J connectivity index is 1.30. The van der Waals surface area contributed by atoms with E-state index in [-0.39, 0.29) is 11.8 Å². The molecule has 3 fully saturated rings. The predicted octanol–water partition coefficient (Wildman–Crippen LogP) is 1.69. The van der Waals surface area contributed by atoms with E-state index in [0.717, 1.165) is 63.9 Å². The van der Waals surface area contributed by atoms with Crippen molar-refractivity contribution in [2.24, 2.45) is 11.8 Å². The van der Waals surface area contributed by atoms with Gasteiger partial charge in [-0.05, 0) is 58.3 Å². The summed E-state index contributed by atoms with van der Waals surface area (Å²) < 4.78 is 31.1. The van der Waals surface area contributed by atoms with Crippen molar-refractivity contribution in [1.82, 2.24) is 28.3 Å². The molecule has 4 rings (SSSR count). The maximum absolute atomic E-state index is 13.2. The van der Waals surface area contributed by atoms with Gasteiger partial charge in [0.05, 0.1) is 5.92 Å². The average molecular weight is 453 g/mol. The van der Waals surface area contributed by atoms with Crippen LogP contribution >= 0.6 is 0 Å². The lowest BCUT2D eigenvalue weighted by Crippen LogP contribution is -2.51. The van der Waals surface area contributed by atoms with Crippen LogP contribution in [0.15, 0.2) is 6.33 Å². The molecular weight excluding hydrogens is 416 g/mol. The van der Waals surface area contributed by atoms with Gasteiger partial charge in [0.1, 0.15) is 12.2 Å². The highest BCUT2D eigenvalue weighted by atomic mass is 32.2. The first-order chi connectivity index (χ1) is 14.9. The Labute approximate surface area is 186 Å². The molecule has 0 N–H and O–H groups in total. The van der Waals surface area contributed by atoms with E-state index in [4.69, 9.17) is 0 Å². The largest absolute Gasteiger partial charge is 0.342 e. The summed E-state index contributed by atoms with van der Waals surface area (Å²) in [4.78, 5) is 15.1. The summed E-state index contributed by atoms with van der Waals surface area (Å²) in [6, 6.07) is 0.345. The smallest absolute Gasteiger partial charge is 0.281 e. The zero-order valence-corrected chi connectivity index (χ0v) is 19.6. The fourth-order valence-electron chi connectivity index (χ4n) is 5.15. The quantitative estimate of drug-likeness (QED) is 0.655. The minimum absolute atomic E-state index is 0.130. The summed E-state index contributed by atoms with van der Waals surface area (Å²) in [5, 5.41) is 8.35. The van der Waals surface area contributed by atoms with Crippen LogP contribution in [0, 0.1) is 11.8 Å². The second-order valence-corrected chi connectivity index (χ2v) is 11.5. The Hall–Kier alpha value is -1.52. The number of rotatable bonds is 6. The van der Waals surface area contributed by atoms with Crippen molar-refractivity contribution >= 4 is 16.1 Å².